The third kappa shape index (κ3) is 2.60. The second kappa shape index (κ2) is 5.30. The first-order valence-corrected chi connectivity index (χ1v) is 8.71. The predicted octanol–water partition coefficient (Wildman–Crippen LogP) is 3.33. The lowest BCUT2D eigenvalue weighted by Crippen LogP contribution is -2.25. The van der Waals surface area contributed by atoms with Gasteiger partial charge in [0.1, 0.15) is 5.82 Å². The van der Waals surface area contributed by atoms with E-state index >= 15 is 0 Å². The lowest BCUT2D eigenvalue weighted by atomic mass is 10.0. The Kier molecular flexibility index (Phi) is 3.47. The van der Waals surface area contributed by atoms with Crippen LogP contribution in [0.25, 0.3) is 0 Å². The van der Waals surface area contributed by atoms with Gasteiger partial charge < -0.3 is 10.2 Å². The minimum absolute atomic E-state index is 0.750. The zero-order valence-corrected chi connectivity index (χ0v) is 13.4. The van der Waals surface area contributed by atoms with Gasteiger partial charge in [0.25, 0.3) is 0 Å². The summed E-state index contributed by atoms with van der Waals surface area (Å²) in [6.07, 6.45) is 8.91. The Morgan fingerprint density at radius 2 is 1.95 bits per heavy atom. The first-order valence-electron chi connectivity index (χ1n) is 7.92. The Morgan fingerprint density at radius 3 is 2.65 bits per heavy atom. The van der Waals surface area contributed by atoms with Gasteiger partial charge in [0.15, 0.2) is 0 Å². The van der Waals surface area contributed by atoms with Crippen molar-refractivity contribution in [1.29, 1.82) is 0 Å². The van der Waals surface area contributed by atoms with E-state index in [1.165, 1.54) is 56.6 Å². The average molecular weight is 336 g/mol. The molecule has 0 amide bonds. The molecule has 2 saturated carbocycles. The molecule has 2 unspecified atom stereocenters. The maximum absolute atomic E-state index is 4.72. The molecule has 1 saturated heterocycles. The van der Waals surface area contributed by atoms with Gasteiger partial charge >= 0.3 is 0 Å². The maximum atomic E-state index is 4.72. The number of pyridine rings is 1. The van der Waals surface area contributed by atoms with Gasteiger partial charge in [-0.25, -0.2) is 4.98 Å². The number of nitrogens with one attached hydrogen (secondary N) is 1. The van der Waals surface area contributed by atoms with Crippen LogP contribution in [0.4, 0.5) is 5.82 Å². The third-order valence-electron chi connectivity index (χ3n) is 5.09. The van der Waals surface area contributed by atoms with Crippen molar-refractivity contribution in [2.75, 3.05) is 18.0 Å². The smallest absolute Gasteiger partial charge is 0.133 e. The molecule has 1 aliphatic heterocycles. The molecule has 2 heterocycles. The highest BCUT2D eigenvalue weighted by Gasteiger charge is 2.37. The Morgan fingerprint density at radius 1 is 1.20 bits per heavy atom. The SMILES string of the molecule is Brc1cnc(N2CC3CCCC3C2)c(CNC2CC2)c1. The van der Waals surface area contributed by atoms with Gasteiger partial charge in [-0.05, 0) is 59.5 Å². The fourth-order valence-corrected chi connectivity index (χ4v) is 4.22. The normalized spacial score (nSPS) is 28.9. The molecule has 108 valence electrons. The highest BCUT2D eigenvalue weighted by Crippen LogP contribution is 2.40. The van der Waals surface area contributed by atoms with E-state index in [1.54, 1.807) is 0 Å². The van der Waals surface area contributed by atoms with Crippen LogP contribution in [0.2, 0.25) is 0 Å². The fourth-order valence-electron chi connectivity index (χ4n) is 3.84. The molecule has 0 aromatic carbocycles. The van der Waals surface area contributed by atoms with Crippen LogP contribution in [0.3, 0.4) is 0 Å². The molecule has 3 aliphatic rings. The Hall–Kier alpha value is -0.610. The summed E-state index contributed by atoms with van der Waals surface area (Å²) in [5.41, 5.74) is 1.35. The number of halogens is 1. The largest absolute Gasteiger partial charge is 0.356 e. The highest BCUT2D eigenvalue weighted by atomic mass is 79.9. The molecule has 1 aromatic rings. The summed E-state index contributed by atoms with van der Waals surface area (Å²) in [6, 6.07) is 2.99. The van der Waals surface area contributed by atoms with Crippen LogP contribution in [-0.2, 0) is 6.54 Å². The minimum atomic E-state index is 0.750. The number of anilines is 1. The first kappa shape index (κ1) is 13.1. The van der Waals surface area contributed by atoms with Crippen LogP contribution in [0, 0.1) is 11.8 Å². The van der Waals surface area contributed by atoms with Gasteiger partial charge in [0.05, 0.1) is 0 Å². The van der Waals surface area contributed by atoms with E-state index in [0.29, 0.717) is 0 Å². The predicted molar refractivity (Wildman–Crippen MR) is 84.8 cm³/mol. The lowest BCUT2D eigenvalue weighted by molar-refractivity contribution is 0.494. The van der Waals surface area contributed by atoms with E-state index in [2.05, 4.69) is 32.2 Å². The van der Waals surface area contributed by atoms with Gasteiger partial charge in [-0.15, -0.1) is 0 Å². The summed E-state index contributed by atoms with van der Waals surface area (Å²) in [6.45, 7) is 3.39. The second-order valence-electron chi connectivity index (χ2n) is 6.65. The second-order valence-corrected chi connectivity index (χ2v) is 7.56. The minimum Gasteiger partial charge on any atom is -0.356 e. The van der Waals surface area contributed by atoms with Crippen molar-refractivity contribution in [3.05, 3.63) is 22.3 Å². The molecule has 1 N–H and O–H groups in total. The summed E-state index contributed by atoms with van der Waals surface area (Å²) < 4.78 is 1.09. The monoisotopic (exact) mass is 335 g/mol. The first-order chi connectivity index (χ1) is 9.79. The van der Waals surface area contributed by atoms with Crippen molar-refractivity contribution in [3.63, 3.8) is 0 Å². The topological polar surface area (TPSA) is 28.2 Å². The molecule has 2 aliphatic carbocycles. The van der Waals surface area contributed by atoms with Crippen molar-refractivity contribution in [3.8, 4) is 0 Å². The number of rotatable bonds is 4. The Bertz CT molecular complexity index is 488. The quantitative estimate of drug-likeness (QED) is 0.914. The lowest BCUT2D eigenvalue weighted by Gasteiger charge is -2.22. The van der Waals surface area contributed by atoms with Crippen molar-refractivity contribution in [2.45, 2.75) is 44.7 Å². The molecule has 3 nitrogen and oxygen atoms in total. The van der Waals surface area contributed by atoms with Gasteiger partial charge in [-0.1, -0.05) is 6.42 Å². The summed E-state index contributed by atoms with van der Waals surface area (Å²) in [7, 11) is 0. The van der Waals surface area contributed by atoms with E-state index in [1.807, 2.05) is 6.20 Å². The van der Waals surface area contributed by atoms with E-state index in [4.69, 9.17) is 4.98 Å². The van der Waals surface area contributed by atoms with E-state index in [0.717, 1.165) is 28.9 Å². The van der Waals surface area contributed by atoms with Crippen LogP contribution >= 0.6 is 15.9 Å². The fraction of sp³-hybridized carbons (Fsp3) is 0.688. The molecule has 0 radical (unpaired) electrons. The summed E-state index contributed by atoms with van der Waals surface area (Å²) in [4.78, 5) is 7.26. The van der Waals surface area contributed by atoms with Crippen LogP contribution in [0.1, 0.15) is 37.7 Å². The molecule has 4 rings (SSSR count). The van der Waals surface area contributed by atoms with Crippen molar-refractivity contribution in [2.24, 2.45) is 11.8 Å². The molecular weight excluding hydrogens is 314 g/mol. The maximum Gasteiger partial charge on any atom is 0.133 e. The average Bonchev–Trinajstić information content (AvgIpc) is 3.02. The Balaban J connectivity index is 1.53. The van der Waals surface area contributed by atoms with Crippen LogP contribution in [-0.4, -0.2) is 24.1 Å². The van der Waals surface area contributed by atoms with Gasteiger partial charge in [-0.3, -0.25) is 0 Å². The van der Waals surface area contributed by atoms with Crippen molar-refractivity contribution >= 4 is 21.7 Å². The van der Waals surface area contributed by atoms with E-state index in [-0.39, 0.29) is 0 Å². The van der Waals surface area contributed by atoms with Crippen LogP contribution in [0.5, 0.6) is 0 Å². The van der Waals surface area contributed by atoms with Gasteiger partial charge in [0, 0.05) is 41.9 Å². The molecule has 0 bridgehead atoms. The number of aromatic nitrogens is 1. The molecular formula is C16H22BrN3. The third-order valence-corrected chi connectivity index (χ3v) is 5.53. The summed E-state index contributed by atoms with van der Waals surface area (Å²) in [5.74, 6) is 3.06. The zero-order chi connectivity index (χ0) is 13.5. The number of hydrogen-bond donors (Lipinski definition) is 1. The Labute approximate surface area is 129 Å². The highest BCUT2D eigenvalue weighted by molar-refractivity contribution is 9.10. The molecule has 0 spiro atoms. The number of fused-ring (bicyclic) bond motifs is 1. The molecule has 4 heteroatoms. The van der Waals surface area contributed by atoms with Crippen LogP contribution < -0.4 is 10.2 Å². The standard InChI is InChI=1S/C16H22BrN3/c17-14-6-13(7-18-15-4-5-15)16(19-8-14)20-9-11-2-1-3-12(11)10-20/h6,8,11-12,15,18H,1-5,7,9-10H2. The summed E-state index contributed by atoms with van der Waals surface area (Å²) >= 11 is 3.57. The summed E-state index contributed by atoms with van der Waals surface area (Å²) in [5, 5.41) is 3.63. The van der Waals surface area contributed by atoms with E-state index < -0.39 is 0 Å². The van der Waals surface area contributed by atoms with E-state index in [9.17, 15) is 0 Å². The van der Waals surface area contributed by atoms with Crippen molar-refractivity contribution in [1.82, 2.24) is 10.3 Å². The molecule has 20 heavy (non-hydrogen) atoms. The van der Waals surface area contributed by atoms with Crippen molar-refractivity contribution < 1.29 is 0 Å². The van der Waals surface area contributed by atoms with Gasteiger partial charge in [-0.2, -0.15) is 0 Å². The van der Waals surface area contributed by atoms with Crippen LogP contribution in [0.15, 0.2) is 16.7 Å². The van der Waals surface area contributed by atoms with Gasteiger partial charge in [0.2, 0.25) is 0 Å². The number of hydrogen-bond acceptors (Lipinski definition) is 3. The molecule has 2 atom stereocenters. The number of nitrogens with zero attached hydrogens (tertiary/aromatic N) is 2. The molecule has 3 fully saturated rings. The zero-order valence-electron chi connectivity index (χ0n) is 11.8. The molecule has 1 aromatic heterocycles.